The molecule has 1 N–H and O–H groups in total. The molecule has 1 aliphatic rings. The normalized spacial score (nSPS) is 14.8. The highest BCUT2D eigenvalue weighted by Gasteiger charge is 2.38. The number of rotatable bonds is 8. The van der Waals surface area contributed by atoms with Gasteiger partial charge in [-0.1, -0.05) is 25.1 Å². The lowest BCUT2D eigenvalue weighted by Crippen LogP contribution is -2.59. The van der Waals surface area contributed by atoms with Crippen LogP contribution in [-0.4, -0.2) is 59.2 Å². The summed E-state index contributed by atoms with van der Waals surface area (Å²) >= 11 is 0. The average molecular weight is 455 g/mol. The van der Waals surface area contributed by atoms with E-state index in [2.05, 4.69) is 5.32 Å². The molecule has 1 aliphatic heterocycles. The van der Waals surface area contributed by atoms with Gasteiger partial charge < -0.3 is 19.9 Å². The van der Waals surface area contributed by atoms with Crippen LogP contribution in [0, 0.1) is 5.82 Å². The SMILES string of the molecule is CCOC(=O)c1cccc(NC(=O)C(CC)N2CCN(Cc3ccc(F)cc3)C(=O)C2=O)c1. The van der Waals surface area contributed by atoms with Crippen LogP contribution >= 0.6 is 0 Å². The van der Waals surface area contributed by atoms with E-state index in [1.807, 2.05) is 0 Å². The lowest BCUT2D eigenvalue weighted by Gasteiger charge is -2.37. The van der Waals surface area contributed by atoms with Gasteiger partial charge in [-0.15, -0.1) is 0 Å². The second-order valence-corrected chi connectivity index (χ2v) is 7.57. The summed E-state index contributed by atoms with van der Waals surface area (Å²) in [4.78, 5) is 53.0. The molecule has 0 spiro atoms. The molecule has 2 aromatic carbocycles. The van der Waals surface area contributed by atoms with E-state index in [0.717, 1.165) is 0 Å². The monoisotopic (exact) mass is 455 g/mol. The van der Waals surface area contributed by atoms with Crippen molar-refractivity contribution in [2.45, 2.75) is 32.9 Å². The summed E-state index contributed by atoms with van der Waals surface area (Å²) < 4.78 is 18.1. The predicted molar refractivity (Wildman–Crippen MR) is 119 cm³/mol. The molecule has 9 heteroatoms. The zero-order valence-electron chi connectivity index (χ0n) is 18.5. The summed E-state index contributed by atoms with van der Waals surface area (Å²) in [6.07, 6.45) is 0.306. The van der Waals surface area contributed by atoms with Gasteiger partial charge in [-0.05, 0) is 49.2 Å². The van der Waals surface area contributed by atoms with Gasteiger partial charge in [-0.25, -0.2) is 9.18 Å². The molecule has 0 radical (unpaired) electrons. The van der Waals surface area contributed by atoms with Crippen molar-refractivity contribution in [2.24, 2.45) is 0 Å². The molecule has 1 unspecified atom stereocenters. The first-order valence-electron chi connectivity index (χ1n) is 10.8. The Kier molecular flexibility index (Phi) is 7.76. The second kappa shape index (κ2) is 10.7. The Bertz CT molecular complexity index is 1040. The highest BCUT2D eigenvalue weighted by atomic mass is 19.1. The van der Waals surface area contributed by atoms with Crippen LogP contribution in [-0.2, 0) is 25.7 Å². The number of ether oxygens (including phenoxy) is 1. The minimum Gasteiger partial charge on any atom is -0.462 e. The summed E-state index contributed by atoms with van der Waals surface area (Å²) in [6.45, 7) is 4.32. The Balaban J connectivity index is 1.66. The lowest BCUT2D eigenvalue weighted by atomic mass is 10.1. The van der Waals surface area contributed by atoms with E-state index >= 15 is 0 Å². The molecule has 8 nitrogen and oxygen atoms in total. The Hall–Kier alpha value is -3.75. The van der Waals surface area contributed by atoms with Gasteiger partial charge in [0.1, 0.15) is 11.9 Å². The molecule has 3 amide bonds. The number of carbonyl (C=O) groups is 4. The van der Waals surface area contributed by atoms with E-state index in [9.17, 15) is 23.6 Å². The van der Waals surface area contributed by atoms with Crippen molar-refractivity contribution >= 4 is 29.4 Å². The van der Waals surface area contributed by atoms with Gasteiger partial charge in [0, 0.05) is 25.3 Å². The molecular weight excluding hydrogens is 429 g/mol. The van der Waals surface area contributed by atoms with E-state index in [-0.39, 0.29) is 32.1 Å². The Labute approximate surface area is 191 Å². The summed E-state index contributed by atoms with van der Waals surface area (Å²) in [5, 5.41) is 2.72. The standard InChI is InChI=1S/C24H26FN3O5/c1-3-20(21(29)26-19-7-5-6-17(14-19)24(32)33-4-2)28-13-12-27(22(30)23(28)31)15-16-8-10-18(25)11-9-16/h5-11,14,20H,3-4,12-13,15H2,1-2H3,(H,26,29). The van der Waals surface area contributed by atoms with Crippen LogP contribution < -0.4 is 5.32 Å². The van der Waals surface area contributed by atoms with E-state index in [0.29, 0.717) is 23.2 Å². The highest BCUT2D eigenvalue weighted by Crippen LogP contribution is 2.18. The van der Waals surface area contributed by atoms with Crippen molar-refractivity contribution in [2.75, 3.05) is 25.0 Å². The fourth-order valence-corrected chi connectivity index (χ4v) is 3.66. The summed E-state index contributed by atoms with van der Waals surface area (Å²) in [6, 6.07) is 11.2. The Morgan fingerprint density at radius 1 is 1.06 bits per heavy atom. The smallest absolute Gasteiger partial charge is 0.338 e. The molecule has 1 heterocycles. The molecule has 1 fully saturated rings. The molecule has 33 heavy (non-hydrogen) atoms. The van der Waals surface area contributed by atoms with Crippen LogP contribution in [0.2, 0.25) is 0 Å². The van der Waals surface area contributed by atoms with Crippen molar-refractivity contribution in [3.63, 3.8) is 0 Å². The molecule has 174 valence electrons. The van der Waals surface area contributed by atoms with Crippen LogP contribution in [0.25, 0.3) is 0 Å². The third-order valence-corrected chi connectivity index (χ3v) is 5.34. The summed E-state index contributed by atoms with van der Waals surface area (Å²) in [7, 11) is 0. The lowest BCUT2D eigenvalue weighted by molar-refractivity contribution is -0.159. The zero-order chi connectivity index (χ0) is 24.0. The number of amides is 3. The van der Waals surface area contributed by atoms with Crippen molar-refractivity contribution in [3.8, 4) is 0 Å². The Morgan fingerprint density at radius 3 is 2.45 bits per heavy atom. The molecular formula is C24H26FN3O5. The quantitative estimate of drug-likeness (QED) is 0.488. The van der Waals surface area contributed by atoms with Gasteiger partial charge in [-0.3, -0.25) is 14.4 Å². The van der Waals surface area contributed by atoms with E-state index < -0.39 is 29.7 Å². The number of carbonyl (C=O) groups excluding carboxylic acids is 4. The van der Waals surface area contributed by atoms with Crippen molar-refractivity contribution in [3.05, 3.63) is 65.5 Å². The van der Waals surface area contributed by atoms with Gasteiger partial charge >= 0.3 is 17.8 Å². The van der Waals surface area contributed by atoms with Crippen LogP contribution in [0.4, 0.5) is 10.1 Å². The number of anilines is 1. The highest BCUT2D eigenvalue weighted by molar-refractivity contribution is 6.35. The van der Waals surface area contributed by atoms with Crippen molar-refractivity contribution in [1.29, 1.82) is 0 Å². The number of esters is 1. The molecule has 0 saturated carbocycles. The third-order valence-electron chi connectivity index (χ3n) is 5.34. The zero-order valence-corrected chi connectivity index (χ0v) is 18.5. The molecule has 3 rings (SSSR count). The van der Waals surface area contributed by atoms with Gasteiger partial charge in [0.15, 0.2) is 0 Å². The van der Waals surface area contributed by atoms with E-state index in [4.69, 9.17) is 4.74 Å². The van der Waals surface area contributed by atoms with Crippen molar-refractivity contribution < 1.29 is 28.3 Å². The van der Waals surface area contributed by atoms with Crippen LogP contribution in [0.3, 0.4) is 0 Å². The van der Waals surface area contributed by atoms with Gasteiger partial charge in [0.05, 0.1) is 12.2 Å². The Morgan fingerprint density at radius 2 is 1.79 bits per heavy atom. The largest absolute Gasteiger partial charge is 0.462 e. The number of halogens is 1. The first-order chi connectivity index (χ1) is 15.8. The maximum absolute atomic E-state index is 13.1. The molecule has 1 saturated heterocycles. The average Bonchev–Trinajstić information content (AvgIpc) is 2.80. The second-order valence-electron chi connectivity index (χ2n) is 7.57. The van der Waals surface area contributed by atoms with E-state index in [1.54, 1.807) is 44.2 Å². The van der Waals surface area contributed by atoms with Crippen LogP contribution in [0.5, 0.6) is 0 Å². The van der Waals surface area contributed by atoms with E-state index in [1.165, 1.54) is 28.0 Å². The first-order valence-corrected chi connectivity index (χ1v) is 10.8. The number of nitrogens with one attached hydrogen (secondary N) is 1. The number of hydrogen-bond acceptors (Lipinski definition) is 5. The molecule has 0 bridgehead atoms. The van der Waals surface area contributed by atoms with Crippen molar-refractivity contribution in [1.82, 2.24) is 9.80 Å². The number of piperazine rings is 1. The summed E-state index contributed by atoms with van der Waals surface area (Å²) in [5.41, 5.74) is 1.39. The molecule has 0 aliphatic carbocycles. The fraction of sp³-hybridized carbons (Fsp3) is 0.333. The maximum Gasteiger partial charge on any atom is 0.338 e. The topological polar surface area (TPSA) is 96.0 Å². The third kappa shape index (κ3) is 5.74. The number of hydrogen-bond donors (Lipinski definition) is 1. The van der Waals surface area contributed by atoms with Crippen LogP contribution in [0.15, 0.2) is 48.5 Å². The van der Waals surface area contributed by atoms with Gasteiger partial charge in [0.25, 0.3) is 0 Å². The van der Waals surface area contributed by atoms with Gasteiger partial charge in [0.2, 0.25) is 5.91 Å². The first kappa shape index (κ1) is 23.9. The molecule has 0 aromatic heterocycles. The minimum atomic E-state index is -0.847. The van der Waals surface area contributed by atoms with Gasteiger partial charge in [-0.2, -0.15) is 0 Å². The number of benzene rings is 2. The minimum absolute atomic E-state index is 0.183. The summed E-state index contributed by atoms with van der Waals surface area (Å²) in [5.74, 6) is -2.80. The predicted octanol–water partition coefficient (Wildman–Crippen LogP) is 2.59. The fourth-order valence-electron chi connectivity index (χ4n) is 3.66. The van der Waals surface area contributed by atoms with Crippen LogP contribution in [0.1, 0.15) is 36.2 Å². The molecule has 1 atom stereocenters. The number of nitrogens with zero attached hydrogens (tertiary/aromatic N) is 2. The maximum atomic E-state index is 13.1. The molecule has 2 aromatic rings.